The molecular weight excluding hydrogens is 528 g/mol. The van der Waals surface area contributed by atoms with E-state index in [9.17, 15) is 4.79 Å². The second kappa shape index (κ2) is 9.03. The van der Waals surface area contributed by atoms with Gasteiger partial charge in [0.1, 0.15) is 0 Å². The highest BCUT2D eigenvalue weighted by Crippen LogP contribution is 2.33. The first-order valence-corrected chi connectivity index (χ1v) is 14.4. The van der Waals surface area contributed by atoms with E-state index in [1.165, 1.54) is 21.8 Å². The Kier molecular flexibility index (Phi) is 4.98. The standard InChI is InChI=1S/C38H24N4O/c43-37-31-23-20-26(24-36(31)42-35-17-9-6-14-32(35)39-38(42)41(37)27-10-2-1-3-11-27)25-18-21-28(22-19-25)40-33-15-7-4-12-29(33)30-13-5-8-16-34(30)40/h1-24H. The smallest absolute Gasteiger partial charge is 0.267 e. The number of hydrogen-bond donors (Lipinski definition) is 0. The van der Waals surface area contributed by atoms with Crippen molar-refractivity contribution in [1.82, 2.24) is 18.5 Å². The van der Waals surface area contributed by atoms with Crippen molar-refractivity contribution in [2.24, 2.45) is 0 Å². The Morgan fingerprint density at radius 3 is 1.74 bits per heavy atom. The first-order valence-electron chi connectivity index (χ1n) is 14.4. The summed E-state index contributed by atoms with van der Waals surface area (Å²) in [4.78, 5) is 18.9. The summed E-state index contributed by atoms with van der Waals surface area (Å²) >= 11 is 0. The van der Waals surface area contributed by atoms with Crippen LogP contribution in [0.2, 0.25) is 0 Å². The number of aromatic nitrogens is 4. The lowest BCUT2D eigenvalue weighted by Gasteiger charge is -2.13. The number of para-hydroxylation sites is 5. The molecule has 3 aromatic heterocycles. The molecule has 0 amide bonds. The molecule has 0 saturated carbocycles. The molecule has 43 heavy (non-hydrogen) atoms. The van der Waals surface area contributed by atoms with Crippen LogP contribution in [0.5, 0.6) is 0 Å². The van der Waals surface area contributed by atoms with Gasteiger partial charge in [-0.25, -0.2) is 9.55 Å². The summed E-state index contributed by atoms with van der Waals surface area (Å²) in [5.74, 6) is 0.601. The lowest BCUT2D eigenvalue weighted by atomic mass is 10.0. The van der Waals surface area contributed by atoms with Gasteiger partial charge in [0.2, 0.25) is 5.78 Å². The minimum absolute atomic E-state index is 0.0859. The molecule has 6 aromatic carbocycles. The number of benzene rings is 6. The molecule has 0 bridgehead atoms. The van der Waals surface area contributed by atoms with Gasteiger partial charge in [-0.3, -0.25) is 9.20 Å². The molecule has 0 aliphatic carbocycles. The van der Waals surface area contributed by atoms with Gasteiger partial charge in [0, 0.05) is 16.5 Å². The molecule has 0 aliphatic rings. The van der Waals surface area contributed by atoms with Gasteiger partial charge in [0.25, 0.3) is 5.56 Å². The van der Waals surface area contributed by atoms with Crippen molar-refractivity contribution in [3.63, 3.8) is 0 Å². The third kappa shape index (κ3) is 3.45. The summed E-state index contributed by atoms with van der Waals surface area (Å²) in [6, 6.07) is 49.6. The molecule has 0 aliphatic heterocycles. The Balaban J connectivity index is 1.25. The fourth-order valence-electron chi connectivity index (χ4n) is 6.50. The maximum atomic E-state index is 14.0. The summed E-state index contributed by atoms with van der Waals surface area (Å²) in [7, 11) is 0. The number of hydrogen-bond acceptors (Lipinski definition) is 2. The van der Waals surface area contributed by atoms with E-state index in [1.807, 2.05) is 60.7 Å². The van der Waals surface area contributed by atoms with Crippen LogP contribution in [0.25, 0.3) is 72.0 Å². The van der Waals surface area contributed by atoms with Gasteiger partial charge in [-0.05, 0) is 71.8 Å². The summed E-state index contributed by atoms with van der Waals surface area (Å²) in [5, 5.41) is 3.13. The van der Waals surface area contributed by atoms with Crippen LogP contribution in [0, 0.1) is 0 Å². The molecule has 202 valence electrons. The minimum atomic E-state index is -0.0859. The maximum Gasteiger partial charge on any atom is 0.267 e. The highest BCUT2D eigenvalue weighted by molar-refractivity contribution is 6.09. The molecule has 0 fully saturated rings. The Bertz CT molecular complexity index is 2520. The quantitative estimate of drug-likeness (QED) is 0.220. The number of rotatable bonds is 3. The van der Waals surface area contributed by atoms with Crippen molar-refractivity contribution < 1.29 is 0 Å². The number of fused-ring (bicyclic) bond motifs is 8. The molecule has 5 nitrogen and oxygen atoms in total. The van der Waals surface area contributed by atoms with Crippen molar-refractivity contribution >= 4 is 49.5 Å². The Hall–Kier alpha value is -5.94. The maximum absolute atomic E-state index is 14.0. The summed E-state index contributed by atoms with van der Waals surface area (Å²) in [6.07, 6.45) is 0. The van der Waals surface area contributed by atoms with Gasteiger partial charge >= 0.3 is 0 Å². The van der Waals surface area contributed by atoms with Crippen LogP contribution >= 0.6 is 0 Å². The van der Waals surface area contributed by atoms with Gasteiger partial charge < -0.3 is 4.57 Å². The molecule has 5 heteroatoms. The third-order valence-corrected chi connectivity index (χ3v) is 8.47. The summed E-state index contributed by atoms with van der Waals surface area (Å²) in [6.45, 7) is 0. The van der Waals surface area contributed by atoms with Crippen molar-refractivity contribution in [1.29, 1.82) is 0 Å². The van der Waals surface area contributed by atoms with Crippen LogP contribution in [0.4, 0.5) is 0 Å². The van der Waals surface area contributed by atoms with Crippen LogP contribution in [0.3, 0.4) is 0 Å². The van der Waals surface area contributed by atoms with E-state index in [4.69, 9.17) is 4.98 Å². The average Bonchev–Trinajstić information content (AvgIpc) is 3.62. The van der Waals surface area contributed by atoms with Gasteiger partial charge in [-0.1, -0.05) is 84.9 Å². The van der Waals surface area contributed by atoms with Crippen molar-refractivity contribution in [3.05, 3.63) is 156 Å². The zero-order valence-corrected chi connectivity index (χ0v) is 23.1. The van der Waals surface area contributed by atoms with Gasteiger partial charge in [-0.2, -0.15) is 0 Å². The molecule has 0 unspecified atom stereocenters. The molecule has 3 heterocycles. The van der Waals surface area contributed by atoms with Crippen LogP contribution in [-0.2, 0) is 0 Å². The first-order chi connectivity index (χ1) is 21.3. The molecular formula is C38H24N4O. The Labute approximate surface area is 246 Å². The normalized spacial score (nSPS) is 11.8. The molecule has 0 saturated heterocycles. The van der Waals surface area contributed by atoms with Gasteiger partial charge in [-0.15, -0.1) is 0 Å². The van der Waals surface area contributed by atoms with Crippen molar-refractivity contribution in [3.8, 4) is 22.5 Å². The van der Waals surface area contributed by atoms with E-state index in [0.717, 1.165) is 39.1 Å². The average molecular weight is 553 g/mol. The molecule has 9 rings (SSSR count). The van der Waals surface area contributed by atoms with E-state index in [0.29, 0.717) is 11.2 Å². The second-order valence-electron chi connectivity index (χ2n) is 10.9. The van der Waals surface area contributed by atoms with Gasteiger partial charge in [0.15, 0.2) is 0 Å². The lowest BCUT2D eigenvalue weighted by Crippen LogP contribution is -2.21. The topological polar surface area (TPSA) is 44.2 Å². The SMILES string of the molecule is O=c1c2ccc(-c3ccc(-n4c5ccccc5c5ccccc54)cc3)cc2n2c3ccccc3nc2n1-c1ccccc1. The largest absolute Gasteiger partial charge is 0.309 e. The van der Waals surface area contributed by atoms with E-state index >= 15 is 0 Å². The predicted octanol–water partition coefficient (Wildman–Crippen LogP) is 8.56. The van der Waals surface area contributed by atoms with Gasteiger partial charge in [0.05, 0.1) is 38.7 Å². The highest BCUT2D eigenvalue weighted by Gasteiger charge is 2.18. The monoisotopic (exact) mass is 552 g/mol. The summed E-state index contributed by atoms with van der Waals surface area (Å²) < 4.78 is 6.14. The van der Waals surface area contributed by atoms with E-state index < -0.39 is 0 Å². The zero-order valence-electron chi connectivity index (χ0n) is 23.1. The zero-order chi connectivity index (χ0) is 28.5. The van der Waals surface area contributed by atoms with Crippen molar-refractivity contribution in [2.75, 3.05) is 0 Å². The van der Waals surface area contributed by atoms with Crippen LogP contribution in [0.15, 0.2) is 150 Å². The van der Waals surface area contributed by atoms with E-state index in [-0.39, 0.29) is 5.56 Å². The van der Waals surface area contributed by atoms with Crippen LogP contribution in [0.1, 0.15) is 0 Å². The second-order valence-corrected chi connectivity index (χ2v) is 10.9. The van der Waals surface area contributed by atoms with E-state index in [1.54, 1.807) is 4.57 Å². The third-order valence-electron chi connectivity index (χ3n) is 8.47. The molecule has 9 aromatic rings. The molecule has 0 atom stereocenters. The molecule has 0 spiro atoms. The first kappa shape index (κ1) is 23.7. The predicted molar refractivity (Wildman–Crippen MR) is 176 cm³/mol. The fraction of sp³-hybridized carbons (Fsp3) is 0. The van der Waals surface area contributed by atoms with Crippen LogP contribution < -0.4 is 5.56 Å². The number of imidazole rings is 1. The van der Waals surface area contributed by atoms with Crippen molar-refractivity contribution in [2.45, 2.75) is 0 Å². The summed E-state index contributed by atoms with van der Waals surface area (Å²) in [5.41, 5.74) is 8.95. The highest BCUT2D eigenvalue weighted by atomic mass is 16.1. The van der Waals surface area contributed by atoms with Crippen LogP contribution in [-0.4, -0.2) is 18.5 Å². The Morgan fingerprint density at radius 2 is 1.02 bits per heavy atom. The fourth-order valence-corrected chi connectivity index (χ4v) is 6.50. The van der Waals surface area contributed by atoms with E-state index in [2.05, 4.69) is 93.9 Å². The minimum Gasteiger partial charge on any atom is -0.309 e. The molecule has 0 radical (unpaired) electrons. The Morgan fingerprint density at radius 1 is 0.442 bits per heavy atom. The lowest BCUT2D eigenvalue weighted by molar-refractivity contribution is 0.983. The molecule has 0 N–H and O–H groups in total. The number of nitrogens with zero attached hydrogens (tertiary/aromatic N) is 4.